The highest BCUT2D eigenvalue weighted by atomic mass is 16.5. The minimum Gasteiger partial charge on any atom is -0.480 e. The molecule has 0 aliphatic carbocycles. The molecule has 6 heteroatoms. The van der Waals surface area contributed by atoms with Crippen molar-refractivity contribution in [3.05, 3.63) is 11.9 Å². The van der Waals surface area contributed by atoms with Gasteiger partial charge in [-0.2, -0.15) is 0 Å². The van der Waals surface area contributed by atoms with E-state index in [4.69, 9.17) is 9.84 Å². The molecule has 0 aliphatic heterocycles. The van der Waals surface area contributed by atoms with Gasteiger partial charge >= 0.3 is 5.97 Å². The first-order chi connectivity index (χ1) is 7.15. The van der Waals surface area contributed by atoms with Crippen LogP contribution in [0.25, 0.3) is 0 Å². The Kier molecular flexibility index (Phi) is 3.84. The van der Waals surface area contributed by atoms with Gasteiger partial charge in [0.05, 0.1) is 12.2 Å². The van der Waals surface area contributed by atoms with Crippen LogP contribution in [0, 0.1) is 6.92 Å². The summed E-state index contributed by atoms with van der Waals surface area (Å²) >= 11 is 0. The van der Waals surface area contributed by atoms with Gasteiger partial charge in [0.1, 0.15) is 18.7 Å². The molecule has 0 bridgehead atoms. The summed E-state index contributed by atoms with van der Waals surface area (Å²) in [5, 5.41) is 11.2. The van der Waals surface area contributed by atoms with E-state index in [-0.39, 0.29) is 6.54 Å². The molecule has 0 spiro atoms. The van der Waals surface area contributed by atoms with E-state index in [1.165, 1.54) is 6.33 Å². The zero-order valence-corrected chi connectivity index (χ0v) is 8.65. The van der Waals surface area contributed by atoms with Crippen molar-refractivity contribution in [3.63, 3.8) is 0 Å². The van der Waals surface area contributed by atoms with Crippen molar-refractivity contribution >= 4 is 11.8 Å². The van der Waals surface area contributed by atoms with E-state index in [0.717, 1.165) is 0 Å². The Morgan fingerprint density at radius 1 is 1.60 bits per heavy atom. The fourth-order valence-electron chi connectivity index (χ4n) is 1.05. The van der Waals surface area contributed by atoms with Crippen LogP contribution in [0.1, 0.15) is 12.5 Å². The van der Waals surface area contributed by atoms with Crippen LogP contribution in [0.2, 0.25) is 0 Å². The van der Waals surface area contributed by atoms with Crippen molar-refractivity contribution in [2.75, 3.05) is 18.5 Å². The molecule has 15 heavy (non-hydrogen) atoms. The van der Waals surface area contributed by atoms with Gasteiger partial charge in [0.2, 0.25) is 5.88 Å². The Morgan fingerprint density at radius 2 is 2.33 bits per heavy atom. The predicted octanol–water partition coefficient (Wildman–Crippen LogP) is 0.680. The van der Waals surface area contributed by atoms with Gasteiger partial charge in [-0.15, -0.1) is 0 Å². The average Bonchev–Trinajstić information content (AvgIpc) is 2.19. The Balaban J connectivity index is 2.79. The van der Waals surface area contributed by atoms with E-state index >= 15 is 0 Å². The summed E-state index contributed by atoms with van der Waals surface area (Å²) in [6, 6.07) is 0. The topological polar surface area (TPSA) is 84.3 Å². The third-order valence-corrected chi connectivity index (χ3v) is 1.73. The number of carbonyl (C=O) groups is 1. The first-order valence-electron chi connectivity index (χ1n) is 4.55. The van der Waals surface area contributed by atoms with Crippen molar-refractivity contribution in [1.82, 2.24) is 9.97 Å². The molecule has 0 saturated carbocycles. The van der Waals surface area contributed by atoms with Gasteiger partial charge in [-0.3, -0.25) is 4.79 Å². The van der Waals surface area contributed by atoms with Gasteiger partial charge < -0.3 is 15.2 Å². The number of carboxylic acids is 1. The number of aromatic nitrogens is 2. The van der Waals surface area contributed by atoms with Gasteiger partial charge in [0.15, 0.2) is 0 Å². The van der Waals surface area contributed by atoms with Gasteiger partial charge in [-0.1, -0.05) is 0 Å². The van der Waals surface area contributed by atoms with Crippen LogP contribution in [-0.2, 0) is 4.79 Å². The molecule has 1 rings (SSSR count). The highest BCUT2D eigenvalue weighted by molar-refractivity contribution is 5.72. The average molecular weight is 211 g/mol. The van der Waals surface area contributed by atoms with Crippen LogP contribution in [0.3, 0.4) is 0 Å². The number of rotatable bonds is 5. The molecule has 1 aromatic heterocycles. The van der Waals surface area contributed by atoms with Gasteiger partial charge in [0, 0.05) is 0 Å². The number of ether oxygens (including phenoxy) is 1. The number of nitrogens with one attached hydrogen (secondary N) is 1. The molecule has 6 nitrogen and oxygen atoms in total. The largest absolute Gasteiger partial charge is 0.480 e. The van der Waals surface area contributed by atoms with Crippen LogP contribution in [0.4, 0.5) is 5.82 Å². The Bertz CT molecular complexity index is 354. The lowest BCUT2D eigenvalue weighted by Crippen LogP contribution is -2.14. The number of hydrogen-bond acceptors (Lipinski definition) is 5. The van der Waals surface area contributed by atoms with Crippen LogP contribution >= 0.6 is 0 Å². The molecule has 1 heterocycles. The number of aliphatic carboxylic acids is 1. The maximum absolute atomic E-state index is 10.4. The van der Waals surface area contributed by atoms with Crippen molar-refractivity contribution in [1.29, 1.82) is 0 Å². The summed E-state index contributed by atoms with van der Waals surface area (Å²) in [6.45, 7) is 3.96. The van der Waals surface area contributed by atoms with Crippen molar-refractivity contribution in [2.45, 2.75) is 13.8 Å². The molecule has 0 saturated heterocycles. The van der Waals surface area contributed by atoms with Crippen LogP contribution in [0.5, 0.6) is 5.88 Å². The quantitative estimate of drug-likeness (QED) is 0.745. The van der Waals surface area contributed by atoms with E-state index in [0.29, 0.717) is 23.9 Å². The van der Waals surface area contributed by atoms with E-state index in [2.05, 4.69) is 15.3 Å². The van der Waals surface area contributed by atoms with E-state index < -0.39 is 5.97 Å². The Morgan fingerprint density at radius 3 is 2.93 bits per heavy atom. The standard InChI is InChI=1S/C9H13N3O3/c1-3-15-9-6(2)8(11-5-12-9)10-4-7(13)14/h5H,3-4H2,1-2H3,(H,13,14)(H,10,11,12). The second kappa shape index (κ2) is 5.14. The summed E-state index contributed by atoms with van der Waals surface area (Å²) in [7, 11) is 0. The van der Waals surface area contributed by atoms with E-state index in [1.54, 1.807) is 6.92 Å². The molecular weight excluding hydrogens is 198 g/mol. The molecule has 0 amide bonds. The van der Waals surface area contributed by atoms with Crippen molar-refractivity contribution in [3.8, 4) is 5.88 Å². The Hall–Kier alpha value is -1.85. The highest BCUT2D eigenvalue weighted by Crippen LogP contribution is 2.19. The number of carboxylic acid groups (broad SMARTS) is 1. The second-order valence-corrected chi connectivity index (χ2v) is 2.83. The maximum Gasteiger partial charge on any atom is 0.322 e. The molecule has 0 fully saturated rings. The molecule has 1 aromatic rings. The summed E-state index contributed by atoms with van der Waals surface area (Å²) in [5.74, 6) is 0.0159. The number of anilines is 1. The minimum atomic E-state index is -0.939. The molecule has 0 unspecified atom stereocenters. The fraction of sp³-hybridized carbons (Fsp3) is 0.444. The normalized spacial score (nSPS) is 9.73. The molecule has 0 radical (unpaired) electrons. The number of hydrogen-bond donors (Lipinski definition) is 2. The zero-order chi connectivity index (χ0) is 11.3. The lowest BCUT2D eigenvalue weighted by molar-refractivity contribution is -0.134. The fourth-order valence-corrected chi connectivity index (χ4v) is 1.05. The second-order valence-electron chi connectivity index (χ2n) is 2.83. The van der Waals surface area contributed by atoms with Crippen molar-refractivity contribution < 1.29 is 14.6 Å². The monoisotopic (exact) mass is 211 g/mol. The molecule has 82 valence electrons. The van der Waals surface area contributed by atoms with Gasteiger partial charge in [0.25, 0.3) is 0 Å². The molecule has 0 aromatic carbocycles. The van der Waals surface area contributed by atoms with Crippen LogP contribution < -0.4 is 10.1 Å². The van der Waals surface area contributed by atoms with Crippen LogP contribution in [-0.4, -0.2) is 34.2 Å². The number of nitrogens with zero attached hydrogens (tertiary/aromatic N) is 2. The molecule has 0 aliphatic rings. The first kappa shape index (κ1) is 11.2. The smallest absolute Gasteiger partial charge is 0.322 e. The molecule has 0 atom stereocenters. The molecule has 2 N–H and O–H groups in total. The summed E-state index contributed by atoms with van der Waals surface area (Å²) < 4.78 is 5.25. The van der Waals surface area contributed by atoms with Gasteiger partial charge in [-0.05, 0) is 13.8 Å². The first-order valence-corrected chi connectivity index (χ1v) is 4.55. The maximum atomic E-state index is 10.4. The SMILES string of the molecule is CCOc1ncnc(NCC(=O)O)c1C. The summed E-state index contributed by atoms with van der Waals surface area (Å²) in [4.78, 5) is 18.2. The van der Waals surface area contributed by atoms with E-state index in [9.17, 15) is 4.79 Å². The minimum absolute atomic E-state index is 0.177. The summed E-state index contributed by atoms with van der Waals surface area (Å²) in [6.07, 6.45) is 1.34. The Labute approximate surface area is 87.3 Å². The van der Waals surface area contributed by atoms with Crippen molar-refractivity contribution in [2.24, 2.45) is 0 Å². The van der Waals surface area contributed by atoms with Gasteiger partial charge in [-0.25, -0.2) is 9.97 Å². The lowest BCUT2D eigenvalue weighted by atomic mass is 10.3. The molecular formula is C9H13N3O3. The lowest BCUT2D eigenvalue weighted by Gasteiger charge is -2.09. The third kappa shape index (κ3) is 3.08. The summed E-state index contributed by atoms with van der Waals surface area (Å²) in [5.41, 5.74) is 0.709. The zero-order valence-electron chi connectivity index (χ0n) is 8.65. The highest BCUT2D eigenvalue weighted by Gasteiger charge is 2.08. The van der Waals surface area contributed by atoms with E-state index in [1.807, 2.05) is 6.92 Å². The third-order valence-electron chi connectivity index (χ3n) is 1.73. The van der Waals surface area contributed by atoms with Crippen LogP contribution in [0.15, 0.2) is 6.33 Å². The predicted molar refractivity (Wildman–Crippen MR) is 54.1 cm³/mol.